The molecule has 0 bridgehead atoms. The monoisotopic (exact) mass is 591 g/mol. The molecule has 1 amide bonds. The number of aliphatic hydroxyl groups is 3. The number of phenols is 1. The number of nitrogens with two attached hydrogens (primary N) is 1. The maximum absolute atomic E-state index is 14.0. The van der Waals surface area contributed by atoms with E-state index in [0.717, 1.165) is 0 Å². The molecule has 12 heteroatoms. The lowest BCUT2D eigenvalue weighted by atomic mass is 9.57. The predicted molar refractivity (Wildman–Crippen MR) is 154 cm³/mol. The standard InChI is InChI=1S/C31H33N3O9/c1-33(2)13-21(36)43-16-7-5-14(6-8-16)17-9-10-20(35)23-18(17)11-15-12-19-25(34(3)4)27(38)24(30(32)41)29(40)31(19,42)28(39)22(15)26(23)37/h5-10,15,19,25,35,37,40,42H,11-13H2,1-4H3,(H2,32,41)/t15-,19-,25+,31-/m0/s1. The number of ketones is 2. The first kappa shape index (κ1) is 30.0. The number of amides is 1. The number of hydrogen-bond acceptors (Lipinski definition) is 11. The normalized spacial score (nSPS) is 25.0. The Labute approximate surface area is 247 Å². The summed E-state index contributed by atoms with van der Waals surface area (Å²) in [6.45, 7) is 0.106. The molecule has 0 unspecified atom stereocenters. The summed E-state index contributed by atoms with van der Waals surface area (Å²) in [4.78, 5) is 54.6. The molecule has 0 saturated heterocycles. The van der Waals surface area contributed by atoms with Gasteiger partial charge in [0.05, 0.1) is 18.2 Å². The minimum Gasteiger partial charge on any atom is -0.508 e. The fourth-order valence-corrected chi connectivity index (χ4v) is 6.64. The van der Waals surface area contributed by atoms with E-state index in [1.54, 1.807) is 63.4 Å². The molecule has 1 saturated carbocycles. The van der Waals surface area contributed by atoms with Crippen LogP contribution in [0.15, 0.2) is 53.3 Å². The van der Waals surface area contributed by atoms with Crippen molar-refractivity contribution in [2.24, 2.45) is 17.6 Å². The van der Waals surface area contributed by atoms with Gasteiger partial charge in [0.15, 0.2) is 11.4 Å². The molecule has 12 nitrogen and oxygen atoms in total. The molecule has 1 fully saturated rings. The minimum absolute atomic E-state index is 0.00437. The van der Waals surface area contributed by atoms with Crippen LogP contribution in [0.5, 0.6) is 11.5 Å². The summed E-state index contributed by atoms with van der Waals surface area (Å²) in [5.74, 6) is -7.12. The topological polar surface area (TPSA) is 191 Å². The highest BCUT2D eigenvalue weighted by Crippen LogP contribution is 2.53. The Bertz CT molecular complexity index is 1620. The third kappa shape index (κ3) is 4.67. The first-order valence-corrected chi connectivity index (χ1v) is 13.6. The Balaban J connectivity index is 1.60. The molecule has 0 heterocycles. The van der Waals surface area contributed by atoms with E-state index < -0.39 is 64.0 Å². The van der Waals surface area contributed by atoms with Crippen LogP contribution >= 0.6 is 0 Å². The average molecular weight is 592 g/mol. The number of nitrogens with zero attached hydrogens (tertiary/aromatic N) is 2. The zero-order valence-corrected chi connectivity index (χ0v) is 24.1. The summed E-state index contributed by atoms with van der Waals surface area (Å²) >= 11 is 0. The highest BCUT2D eigenvalue weighted by atomic mass is 16.5. The molecule has 226 valence electrons. The Hall–Kier alpha value is -4.52. The molecule has 2 aromatic rings. The quantitative estimate of drug-likeness (QED) is 0.184. The zero-order valence-electron chi connectivity index (χ0n) is 24.1. The highest BCUT2D eigenvalue weighted by molar-refractivity contribution is 6.24. The largest absolute Gasteiger partial charge is 0.508 e. The number of phenolic OH excluding ortho intramolecular Hbond substituents is 1. The van der Waals surface area contributed by atoms with Gasteiger partial charge in [0.1, 0.15) is 28.6 Å². The number of carbonyl (C=O) groups is 4. The van der Waals surface area contributed by atoms with Crippen LogP contribution in [0, 0.1) is 11.8 Å². The lowest BCUT2D eigenvalue weighted by molar-refractivity contribution is -0.153. The van der Waals surface area contributed by atoms with Crippen LogP contribution in [0.25, 0.3) is 16.9 Å². The number of likely N-dealkylation sites (N-methyl/N-ethyl adjacent to an activating group) is 2. The second-order valence-electron chi connectivity index (χ2n) is 11.7. The lowest BCUT2D eigenvalue weighted by Gasteiger charge is -2.50. The summed E-state index contributed by atoms with van der Waals surface area (Å²) in [5.41, 5.74) is 3.44. The smallest absolute Gasteiger partial charge is 0.325 e. The number of primary amides is 1. The molecular weight excluding hydrogens is 558 g/mol. The van der Waals surface area contributed by atoms with E-state index in [1.807, 2.05) is 0 Å². The van der Waals surface area contributed by atoms with E-state index in [2.05, 4.69) is 0 Å². The number of esters is 1. The zero-order chi connectivity index (χ0) is 31.5. The van der Waals surface area contributed by atoms with Gasteiger partial charge in [-0.05, 0) is 81.8 Å². The number of Topliss-reactive ketones (excluding diaryl/α,β-unsaturated/α-hetero) is 2. The minimum atomic E-state index is -2.70. The van der Waals surface area contributed by atoms with Gasteiger partial charge in [-0.2, -0.15) is 0 Å². The number of rotatable bonds is 6. The molecular formula is C31H33N3O9. The van der Waals surface area contributed by atoms with Gasteiger partial charge in [-0.1, -0.05) is 18.2 Å². The molecule has 2 aromatic carbocycles. The van der Waals surface area contributed by atoms with E-state index in [4.69, 9.17) is 10.5 Å². The molecule has 3 aliphatic rings. The summed E-state index contributed by atoms with van der Waals surface area (Å²) in [6.07, 6.45) is 0.138. The van der Waals surface area contributed by atoms with Gasteiger partial charge in [-0.3, -0.25) is 29.0 Å². The Morgan fingerprint density at radius 2 is 1.67 bits per heavy atom. The lowest BCUT2D eigenvalue weighted by Crippen LogP contribution is -2.65. The average Bonchev–Trinajstić information content (AvgIpc) is 2.90. The summed E-state index contributed by atoms with van der Waals surface area (Å²) in [5, 5.41) is 44.9. The number of hydrogen-bond donors (Lipinski definition) is 5. The van der Waals surface area contributed by atoms with Crippen LogP contribution in [0.1, 0.15) is 17.5 Å². The van der Waals surface area contributed by atoms with E-state index in [1.165, 1.54) is 11.0 Å². The molecule has 6 N–H and O–H groups in total. The van der Waals surface area contributed by atoms with Gasteiger partial charge < -0.3 is 30.9 Å². The molecule has 0 spiro atoms. The van der Waals surface area contributed by atoms with Crippen molar-refractivity contribution in [3.05, 3.63) is 64.4 Å². The summed E-state index contributed by atoms with van der Waals surface area (Å²) < 4.78 is 5.36. The van der Waals surface area contributed by atoms with E-state index in [-0.39, 0.29) is 36.3 Å². The second kappa shape index (κ2) is 10.6. The number of benzene rings is 2. The van der Waals surface area contributed by atoms with Crippen molar-refractivity contribution in [3.8, 4) is 22.6 Å². The van der Waals surface area contributed by atoms with Crippen LogP contribution < -0.4 is 10.5 Å². The number of fused-ring (bicyclic) bond motifs is 3. The summed E-state index contributed by atoms with van der Waals surface area (Å²) in [7, 11) is 6.59. The van der Waals surface area contributed by atoms with Crippen molar-refractivity contribution < 1.29 is 44.3 Å². The highest BCUT2D eigenvalue weighted by Gasteiger charge is 2.64. The fraction of sp³-hybridized carbons (Fsp3) is 0.355. The van der Waals surface area contributed by atoms with Crippen molar-refractivity contribution >= 4 is 29.2 Å². The SMILES string of the molecule is CN(C)CC(=O)Oc1ccc(-c2ccc(O)c3c2C[C@H]2C[C@H]4[C@@H](N(C)C)C(=O)C(C(N)=O)=C(O)[C@@]4(O)C(=O)C2=C3O)cc1. The van der Waals surface area contributed by atoms with Crippen molar-refractivity contribution in [1.29, 1.82) is 0 Å². The van der Waals surface area contributed by atoms with Crippen molar-refractivity contribution in [3.63, 3.8) is 0 Å². The van der Waals surface area contributed by atoms with Gasteiger partial charge >= 0.3 is 5.97 Å². The Morgan fingerprint density at radius 3 is 2.26 bits per heavy atom. The number of ether oxygens (including phenoxy) is 1. The maximum Gasteiger partial charge on any atom is 0.325 e. The number of aromatic hydroxyl groups is 1. The van der Waals surface area contributed by atoms with Crippen LogP contribution in [0.3, 0.4) is 0 Å². The van der Waals surface area contributed by atoms with Crippen molar-refractivity contribution in [2.75, 3.05) is 34.7 Å². The number of carbonyl (C=O) groups excluding carboxylic acids is 4. The fourth-order valence-electron chi connectivity index (χ4n) is 6.64. The van der Waals surface area contributed by atoms with Crippen LogP contribution in [0.4, 0.5) is 0 Å². The predicted octanol–water partition coefficient (Wildman–Crippen LogP) is 1.10. The van der Waals surface area contributed by atoms with Gasteiger partial charge in [0.2, 0.25) is 5.78 Å². The third-order valence-corrected chi connectivity index (χ3v) is 8.45. The molecule has 0 radical (unpaired) electrons. The molecule has 0 aromatic heterocycles. The van der Waals surface area contributed by atoms with Crippen molar-refractivity contribution in [1.82, 2.24) is 9.80 Å². The second-order valence-corrected chi connectivity index (χ2v) is 11.7. The Kier molecular flexibility index (Phi) is 7.41. The van der Waals surface area contributed by atoms with Crippen molar-refractivity contribution in [2.45, 2.75) is 24.5 Å². The molecule has 3 aliphatic carbocycles. The van der Waals surface area contributed by atoms with E-state index >= 15 is 0 Å². The van der Waals surface area contributed by atoms with Crippen LogP contribution in [0.2, 0.25) is 0 Å². The van der Waals surface area contributed by atoms with E-state index in [0.29, 0.717) is 22.4 Å². The van der Waals surface area contributed by atoms with Gasteiger partial charge in [-0.15, -0.1) is 0 Å². The Morgan fingerprint density at radius 1 is 1.02 bits per heavy atom. The molecule has 43 heavy (non-hydrogen) atoms. The maximum atomic E-state index is 14.0. The number of aliphatic hydroxyl groups excluding tert-OH is 2. The van der Waals surface area contributed by atoms with Gasteiger partial charge in [-0.25, -0.2) is 0 Å². The van der Waals surface area contributed by atoms with Gasteiger partial charge in [0.25, 0.3) is 5.91 Å². The third-order valence-electron chi connectivity index (χ3n) is 8.45. The summed E-state index contributed by atoms with van der Waals surface area (Å²) in [6, 6.07) is 8.56. The van der Waals surface area contributed by atoms with E-state index in [9.17, 15) is 39.6 Å². The molecule has 5 rings (SSSR count). The van der Waals surface area contributed by atoms with Crippen LogP contribution in [-0.2, 0) is 25.6 Å². The molecule has 0 aliphatic heterocycles. The van der Waals surface area contributed by atoms with Crippen LogP contribution in [-0.4, -0.2) is 100 Å². The first-order valence-electron chi connectivity index (χ1n) is 13.6. The van der Waals surface area contributed by atoms with Gasteiger partial charge in [0, 0.05) is 11.5 Å². The molecule has 4 atom stereocenters. The first-order chi connectivity index (χ1) is 20.2.